The summed E-state index contributed by atoms with van der Waals surface area (Å²) in [6, 6.07) is 10.5. The van der Waals surface area contributed by atoms with Crippen molar-refractivity contribution in [3.8, 4) is 5.75 Å². The summed E-state index contributed by atoms with van der Waals surface area (Å²) in [5.74, 6) is 5.04. The number of fused-ring (bicyclic) bond motifs is 5. The highest BCUT2D eigenvalue weighted by Gasteiger charge is 2.58. The molecule has 4 fully saturated rings. The van der Waals surface area contributed by atoms with E-state index in [2.05, 4.69) is 37.3 Å². The second kappa shape index (κ2) is 6.57. The van der Waals surface area contributed by atoms with Gasteiger partial charge in [0.25, 0.3) is 0 Å². The summed E-state index contributed by atoms with van der Waals surface area (Å²) in [6.07, 6.45) is 16.3. The van der Waals surface area contributed by atoms with Crippen molar-refractivity contribution in [2.75, 3.05) is 6.61 Å². The van der Waals surface area contributed by atoms with Crippen LogP contribution in [0.25, 0.3) is 0 Å². The quantitative estimate of drug-likeness (QED) is 0.577. The number of hydrogen-bond donors (Lipinski definition) is 0. The largest absolute Gasteiger partial charge is 0.493 e. The maximum absolute atomic E-state index is 6.36. The van der Waals surface area contributed by atoms with Crippen LogP contribution in [0.4, 0.5) is 0 Å². The molecule has 6 atom stereocenters. The number of rotatable bonds is 3. The first-order valence-corrected chi connectivity index (χ1v) is 11.4. The zero-order valence-electron chi connectivity index (χ0n) is 16.6. The van der Waals surface area contributed by atoms with Gasteiger partial charge in [0.2, 0.25) is 0 Å². The molecule has 4 aliphatic rings. The van der Waals surface area contributed by atoms with Crippen molar-refractivity contribution in [1.29, 1.82) is 0 Å². The summed E-state index contributed by atoms with van der Waals surface area (Å²) in [5.41, 5.74) is 1.14. The van der Waals surface area contributed by atoms with Gasteiger partial charge in [-0.1, -0.05) is 44.4 Å². The molecular formula is C25H36O. The molecule has 0 N–H and O–H groups in total. The van der Waals surface area contributed by atoms with Crippen LogP contribution in [0.15, 0.2) is 30.3 Å². The molecule has 4 aliphatic carbocycles. The Hall–Kier alpha value is -0.980. The fourth-order valence-corrected chi connectivity index (χ4v) is 8.08. The highest BCUT2D eigenvalue weighted by molar-refractivity contribution is 5.21. The van der Waals surface area contributed by atoms with Gasteiger partial charge in [-0.15, -0.1) is 0 Å². The lowest BCUT2D eigenvalue weighted by atomic mass is 9.45. The molecule has 1 aromatic rings. The number of ether oxygens (including phenoxy) is 1. The van der Waals surface area contributed by atoms with E-state index in [9.17, 15) is 0 Å². The van der Waals surface area contributed by atoms with Crippen LogP contribution in [0.2, 0.25) is 0 Å². The molecule has 0 aliphatic heterocycles. The fraction of sp³-hybridized carbons (Fsp3) is 0.760. The van der Waals surface area contributed by atoms with Crippen molar-refractivity contribution >= 4 is 0 Å². The molecule has 1 aromatic carbocycles. The molecule has 0 unspecified atom stereocenters. The average Bonchev–Trinajstić information content (AvgIpc) is 3.11. The van der Waals surface area contributed by atoms with Gasteiger partial charge in [-0.2, -0.15) is 0 Å². The normalized spacial score (nSPS) is 44.7. The Bertz CT molecular complexity index is 624. The number of hydrogen-bond acceptors (Lipinski definition) is 1. The van der Waals surface area contributed by atoms with Crippen LogP contribution in [0.1, 0.15) is 77.6 Å². The minimum absolute atomic E-state index is 0.481. The lowest BCUT2D eigenvalue weighted by Gasteiger charge is -2.60. The molecule has 4 saturated carbocycles. The lowest BCUT2D eigenvalue weighted by Crippen LogP contribution is -2.53. The van der Waals surface area contributed by atoms with E-state index in [-0.39, 0.29) is 0 Å². The van der Waals surface area contributed by atoms with E-state index in [0.717, 1.165) is 36.0 Å². The van der Waals surface area contributed by atoms with E-state index < -0.39 is 0 Å². The van der Waals surface area contributed by atoms with Gasteiger partial charge in [-0.25, -0.2) is 0 Å². The molecule has 1 heteroatoms. The van der Waals surface area contributed by atoms with Crippen molar-refractivity contribution in [3.63, 3.8) is 0 Å². The van der Waals surface area contributed by atoms with Crippen LogP contribution in [0.3, 0.4) is 0 Å². The van der Waals surface area contributed by atoms with Crippen molar-refractivity contribution in [2.24, 2.45) is 34.5 Å². The molecule has 0 bridgehead atoms. The summed E-state index contributed by atoms with van der Waals surface area (Å²) in [6.45, 7) is 3.65. The van der Waals surface area contributed by atoms with E-state index >= 15 is 0 Å². The van der Waals surface area contributed by atoms with Crippen LogP contribution in [0.5, 0.6) is 5.75 Å². The van der Waals surface area contributed by atoms with Crippen molar-refractivity contribution in [2.45, 2.75) is 77.6 Å². The maximum atomic E-state index is 6.36. The minimum atomic E-state index is 0.481. The molecule has 0 aromatic heterocycles. The van der Waals surface area contributed by atoms with Gasteiger partial charge < -0.3 is 4.74 Å². The Kier molecular flexibility index (Phi) is 4.33. The van der Waals surface area contributed by atoms with Gasteiger partial charge in [0.05, 0.1) is 6.61 Å². The summed E-state index contributed by atoms with van der Waals surface area (Å²) < 4.78 is 6.36. The molecule has 0 heterocycles. The first-order valence-electron chi connectivity index (χ1n) is 11.4. The van der Waals surface area contributed by atoms with E-state index in [1.54, 1.807) is 0 Å². The molecule has 5 rings (SSSR count). The first-order chi connectivity index (χ1) is 12.7. The zero-order valence-corrected chi connectivity index (χ0v) is 16.6. The van der Waals surface area contributed by atoms with E-state index in [1.165, 1.54) is 70.6 Å². The van der Waals surface area contributed by atoms with Crippen molar-refractivity contribution in [3.05, 3.63) is 30.3 Å². The Morgan fingerprint density at radius 3 is 2.62 bits per heavy atom. The Balaban J connectivity index is 1.36. The highest BCUT2D eigenvalue weighted by Crippen LogP contribution is 2.66. The summed E-state index contributed by atoms with van der Waals surface area (Å²) in [5, 5.41) is 0. The van der Waals surface area contributed by atoms with Crippen LogP contribution >= 0.6 is 0 Å². The Morgan fingerprint density at radius 2 is 1.73 bits per heavy atom. The van der Waals surface area contributed by atoms with E-state index in [4.69, 9.17) is 4.74 Å². The standard InChI is InChI=1S/C25H36O/c1-24-15-6-5-8-19(24)12-13-21-22(24)14-17-25(16-7-11-23(21)25)18-26-20-9-3-2-4-10-20/h2-4,9-10,19,21-23H,5-8,11-18H2,1H3/t19-,21-,22+,23+,24+,25+/m1/s1. The third kappa shape index (κ3) is 2.64. The summed E-state index contributed by atoms with van der Waals surface area (Å²) in [7, 11) is 0. The van der Waals surface area contributed by atoms with Gasteiger partial charge in [0, 0.05) is 5.41 Å². The molecule has 142 valence electrons. The number of para-hydroxylation sites is 1. The second-order valence-electron chi connectivity index (χ2n) is 10.3. The average molecular weight is 353 g/mol. The van der Waals surface area contributed by atoms with Gasteiger partial charge >= 0.3 is 0 Å². The zero-order chi connectivity index (χ0) is 17.6. The molecule has 0 amide bonds. The third-order valence-corrected chi connectivity index (χ3v) is 9.38. The Morgan fingerprint density at radius 1 is 0.846 bits per heavy atom. The van der Waals surface area contributed by atoms with Crippen molar-refractivity contribution in [1.82, 2.24) is 0 Å². The van der Waals surface area contributed by atoms with Crippen LogP contribution < -0.4 is 4.74 Å². The predicted molar refractivity (Wildman–Crippen MR) is 107 cm³/mol. The SMILES string of the molecule is C[C@]12CCCC[C@@H]1CC[C@H]1[C@@H]3CCC[C@@]3(COc3ccccc3)CC[C@@H]12. The molecular weight excluding hydrogens is 316 g/mol. The smallest absolute Gasteiger partial charge is 0.119 e. The third-order valence-electron chi connectivity index (χ3n) is 9.38. The topological polar surface area (TPSA) is 9.23 Å². The summed E-state index contributed by atoms with van der Waals surface area (Å²) in [4.78, 5) is 0. The monoisotopic (exact) mass is 352 g/mol. The molecule has 1 nitrogen and oxygen atoms in total. The lowest BCUT2D eigenvalue weighted by molar-refractivity contribution is -0.115. The van der Waals surface area contributed by atoms with Crippen LogP contribution in [-0.4, -0.2) is 6.61 Å². The van der Waals surface area contributed by atoms with E-state index in [0.29, 0.717) is 10.8 Å². The summed E-state index contributed by atoms with van der Waals surface area (Å²) >= 11 is 0. The molecule has 0 saturated heterocycles. The predicted octanol–water partition coefficient (Wildman–Crippen LogP) is 6.87. The van der Waals surface area contributed by atoms with Crippen molar-refractivity contribution < 1.29 is 4.74 Å². The van der Waals surface area contributed by atoms with Gasteiger partial charge in [0.15, 0.2) is 0 Å². The highest BCUT2D eigenvalue weighted by atomic mass is 16.5. The number of benzene rings is 1. The van der Waals surface area contributed by atoms with Gasteiger partial charge in [-0.05, 0) is 92.6 Å². The molecule has 0 radical (unpaired) electrons. The maximum Gasteiger partial charge on any atom is 0.119 e. The molecule has 0 spiro atoms. The van der Waals surface area contributed by atoms with E-state index in [1.807, 2.05) is 0 Å². The minimum Gasteiger partial charge on any atom is -0.493 e. The first kappa shape index (κ1) is 17.1. The Labute approximate surface area is 159 Å². The van der Waals surface area contributed by atoms with Gasteiger partial charge in [0.1, 0.15) is 5.75 Å². The van der Waals surface area contributed by atoms with Crippen LogP contribution in [-0.2, 0) is 0 Å². The van der Waals surface area contributed by atoms with Gasteiger partial charge in [-0.3, -0.25) is 0 Å². The van der Waals surface area contributed by atoms with Crippen LogP contribution in [0, 0.1) is 34.5 Å². The fourth-order valence-electron chi connectivity index (χ4n) is 8.08. The molecule has 26 heavy (non-hydrogen) atoms. The second-order valence-corrected chi connectivity index (χ2v) is 10.3.